The van der Waals surface area contributed by atoms with E-state index in [0.717, 1.165) is 36.0 Å². The van der Waals surface area contributed by atoms with Gasteiger partial charge >= 0.3 is 0 Å². The maximum absolute atomic E-state index is 9.87. The van der Waals surface area contributed by atoms with E-state index in [1.54, 1.807) is 12.5 Å². The number of rotatable bonds is 4. The van der Waals surface area contributed by atoms with Gasteiger partial charge < -0.3 is 19.9 Å². The van der Waals surface area contributed by atoms with Crippen LogP contribution < -0.4 is 5.32 Å². The molecule has 2 aliphatic heterocycles. The SMILES string of the molecule is C=C(O)c1cn(CC2=C(C)C=C(N3CC4CC4C3)NC2)c2ncncc12. The smallest absolute Gasteiger partial charge is 0.144 e. The van der Waals surface area contributed by atoms with Crippen LogP contribution in [0.25, 0.3) is 16.8 Å². The highest BCUT2D eigenvalue weighted by atomic mass is 16.3. The number of hydrogen-bond donors (Lipinski definition) is 2. The van der Waals surface area contributed by atoms with Gasteiger partial charge in [0, 0.05) is 49.5 Å². The molecule has 26 heavy (non-hydrogen) atoms. The Balaban J connectivity index is 1.43. The molecule has 0 bridgehead atoms. The molecule has 1 saturated heterocycles. The molecule has 2 aromatic heterocycles. The summed E-state index contributed by atoms with van der Waals surface area (Å²) in [5.41, 5.74) is 4.14. The van der Waals surface area contributed by atoms with E-state index in [2.05, 4.69) is 44.3 Å². The number of aliphatic hydroxyl groups is 1. The van der Waals surface area contributed by atoms with Gasteiger partial charge in [-0.15, -0.1) is 0 Å². The maximum Gasteiger partial charge on any atom is 0.144 e. The molecular weight excluding hydrogens is 326 g/mol. The van der Waals surface area contributed by atoms with Crippen LogP contribution in [0.5, 0.6) is 0 Å². The van der Waals surface area contributed by atoms with Crippen molar-refractivity contribution in [2.45, 2.75) is 19.9 Å². The normalized spacial score (nSPS) is 24.5. The average molecular weight is 349 g/mol. The fraction of sp³-hybridized carbons (Fsp3) is 0.400. The van der Waals surface area contributed by atoms with Crippen LogP contribution >= 0.6 is 0 Å². The third-order valence-corrected chi connectivity index (χ3v) is 5.92. The van der Waals surface area contributed by atoms with E-state index < -0.39 is 0 Å². The minimum Gasteiger partial charge on any atom is -0.508 e. The Bertz CT molecular complexity index is 960. The molecule has 1 saturated carbocycles. The number of nitrogens with one attached hydrogen (secondary N) is 1. The number of likely N-dealkylation sites (tertiary alicyclic amines) is 1. The molecule has 3 aliphatic rings. The first kappa shape index (κ1) is 15.5. The topological polar surface area (TPSA) is 66.2 Å². The quantitative estimate of drug-likeness (QED) is 0.831. The monoisotopic (exact) mass is 349 g/mol. The number of fused-ring (bicyclic) bond motifs is 2. The highest BCUT2D eigenvalue weighted by Gasteiger charge is 2.45. The van der Waals surface area contributed by atoms with Crippen LogP contribution in [0.4, 0.5) is 0 Å². The van der Waals surface area contributed by atoms with Crippen LogP contribution in [-0.2, 0) is 6.54 Å². The van der Waals surface area contributed by atoms with Crippen LogP contribution in [0, 0.1) is 11.8 Å². The summed E-state index contributed by atoms with van der Waals surface area (Å²) in [6.45, 7) is 9.81. The van der Waals surface area contributed by atoms with Crippen molar-refractivity contribution < 1.29 is 5.11 Å². The van der Waals surface area contributed by atoms with Crippen LogP contribution in [0.3, 0.4) is 0 Å². The third kappa shape index (κ3) is 2.48. The average Bonchev–Trinajstić information content (AvgIpc) is 3.08. The van der Waals surface area contributed by atoms with Crippen LogP contribution in [-0.4, -0.2) is 44.2 Å². The van der Waals surface area contributed by atoms with Gasteiger partial charge in [-0.25, -0.2) is 9.97 Å². The molecule has 0 aromatic carbocycles. The Hall–Kier alpha value is -2.76. The van der Waals surface area contributed by atoms with E-state index in [-0.39, 0.29) is 5.76 Å². The Labute approximate surface area is 152 Å². The number of hydrogen-bond acceptors (Lipinski definition) is 5. The van der Waals surface area contributed by atoms with E-state index in [1.807, 2.05) is 6.20 Å². The summed E-state index contributed by atoms with van der Waals surface area (Å²) in [6, 6.07) is 0. The van der Waals surface area contributed by atoms with Crippen molar-refractivity contribution in [1.29, 1.82) is 0 Å². The molecule has 2 unspecified atom stereocenters. The molecule has 2 atom stereocenters. The van der Waals surface area contributed by atoms with E-state index in [9.17, 15) is 5.11 Å². The van der Waals surface area contributed by atoms with E-state index in [1.165, 1.54) is 36.5 Å². The molecule has 6 nitrogen and oxygen atoms in total. The standard InChI is InChI=1S/C20H23N5O/c1-12-3-19(24-7-14-4-15(14)8-24)22-5-16(12)9-25-10-18(13(2)26)17-6-21-11-23-20(17)25/h3,6,10-11,14-15,22,26H,2,4-5,7-9H2,1H3. The van der Waals surface area contributed by atoms with E-state index >= 15 is 0 Å². The van der Waals surface area contributed by atoms with Gasteiger partial charge in [-0.05, 0) is 42.4 Å². The fourth-order valence-corrected chi connectivity index (χ4v) is 4.26. The Kier molecular flexibility index (Phi) is 3.35. The van der Waals surface area contributed by atoms with Gasteiger partial charge in [0.2, 0.25) is 0 Å². The van der Waals surface area contributed by atoms with Crippen molar-refractivity contribution in [2.75, 3.05) is 19.6 Å². The van der Waals surface area contributed by atoms with Gasteiger partial charge in [-0.2, -0.15) is 0 Å². The highest BCUT2D eigenvalue weighted by Crippen LogP contribution is 2.46. The number of aliphatic hydroxyl groups excluding tert-OH is 1. The zero-order valence-corrected chi connectivity index (χ0v) is 14.9. The summed E-state index contributed by atoms with van der Waals surface area (Å²) in [5.74, 6) is 3.17. The summed E-state index contributed by atoms with van der Waals surface area (Å²) < 4.78 is 2.07. The summed E-state index contributed by atoms with van der Waals surface area (Å²) in [6.07, 6.45) is 8.88. The lowest BCUT2D eigenvalue weighted by Crippen LogP contribution is -2.35. The first-order chi connectivity index (χ1) is 12.6. The molecule has 134 valence electrons. The highest BCUT2D eigenvalue weighted by molar-refractivity contribution is 5.88. The second kappa shape index (κ2) is 5.62. The molecular formula is C20H23N5O. The third-order valence-electron chi connectivity index (χ3n) is 5.92. The number of dihydropyridines is 1. The van der Waals surface area contributed by atoms with Crippen molar-refractivity contribution >= 4 is 16.8 Å². The van der Waals surface area contributed by atoms with E-state index in [4.69, 9.17) is 0 Å². The second-order valence-corrected chi connectivity index (χ2v) is 7.71. The molecule has 2 aromatic rings. The Morgan fingerprint density at radius 1 is 1.38 bits per heavy atom. The first-order valence-corrected chi connectivity index (χ1v) is 9.16. The number of aromatic nitrogens is 3. The van der Waals surface area contributed by atoms with Crippen LogP contribution in [0.15, 0.2) is 48.3 Å². The lowest BCUT2D eigenvalue weighted by molar-refractivity contribution is 0.352. The van der Waals surface area contributed by atoms with Gasteiger partial charge in [-0.3, -0.25) is 0 Å². The van der Waals surface area contributed by atoms with Crippen molar-refractivity contribution in [3.05, 3.63) is 53.9 Å². The van der Waals surface area contributed by atoms with Gasteiger partial charge in [-0.1, -0.05) is 6.58 Å². The first-order valence-electron chi connectivity index (χ1n) is 9.16. The summed E-state index contributed by atoms with van der Waals surface area (Å²) in [7, 11) is 0. The van der Waals surface area contributed by atoms with Gasteiger partial charge in [0.25, 0.3) is 0 Å². The van der Waals surface area contributed by atoms with Gasteiger partial charge in [0.1, 0.15) is 23.6 Å². The minimum absolute atomic E-state index is 0.0470. The molecule has 0 amide bonds. The zero-order chi connectivity index (χ0) is 17.8. The summed E-state index contributed by atoms with van der Waals surface area (Å²) >= 11 is 0. The Morgan fingerprint density at radius 2 is 2.19 bits per heavy atom. The molecule has 2 N–H and O–H groups in total. The lowest BCUT2D eigenvalue weighted by Gasteiger charge is -2.29. The number of allylic oxidation sites excluding steroid dienone is 2. The predicted molar refractivity (Wildman–Crippen MR) is 101 cm³/mol. The molecule has 6 heteroatoms. The largest absolute Gasteiger partial charge is 0.508 e. The molecule has 0 spiro atoms. The van der Waals surface area contributed by atoms with Gasteiger partial charge in [0.15, 0.2) is 0 Å². The van der Waals surface area contributed by atoms with Crippen molar-refractivity contribution in [3.8, 4) is 0 Å². The molecule has 4 heterocycles. The molecule has 0 radical (unpaired) electrons. The van der Waals surface area contributed by atoms with E-state index in [0.29, 0.717) is 5.56 Å². The molecule has 1 aliphatic carbocycles. The number of nitrogens with zero attached hydrogens (tertiary/aromatic N) is 4. The molecule has 5 rings (SSSR count). The fourth-order valence-electron chi connectivity index (χ4n) is 4.26. The summed E-state index contributed by atoms with van der Waals surface area (Å²) in [5, 5.41) is 14.3. The van der Waals surface area contributed by atoms with Crippen molar-refractivity contribution in [3.63, 3.8) is 0 Å². The van der Waals surface area contributed by atoms with Crippen molar-refractivity contribution in [2.24, 2.45) is 11.8 Å². The predicted octanol–water partition coefficient (Wildman–Crippen LogP) is 2.67. The summed E-state index contributed by atoms with van der Waals surface area (Å²) in [4.78, 5) is 11.0. The lowest BCUT2D eigenvalue weighted by atomic mass is 10.1. The minimum atomic E-state index is 0.0470. The second-order valence-electron chi connectivity index (χ2n) is 7.71. The van der Waals surface area contributed by atoms with Crippen LogP contribution in [0.1, 0.15) is 18.9 Å². The molecule has 2 fully saturated rings. The maximum atomic E-state index is 9.87. The zero-order valence-electron chi connectivity index (χ0n) is 14.9. The van der Waals surface area contributed by atoms with Crippen molar-refractivity contribution in [1.82, 2.24) is 24.8 Å². The van der Waals surface area contributed by atoms with Gasteiger partial charge in [0.05, 0.1) is 0 Å². The number of piperidine rings is 1. The van der Waals surface area contributed by atoms with Crippen LogP contribution in [0.2, 0.25) is 0 Å². The Morgan fingerprint density at radius 3 is 2.92 bits per heavy atom.